The molecule has 0 spiro atoms. The van der Waals surface area contributed by atoms with Crippen molar-refractivity contribution >= 4 is 5.91 Å². The van der Waals surface area contributed by atoms with Gasteiger partial charge in [-0.05, 0) is 30.1 Å². The van der Waals surface area contributed by atoms with Gasteiger partial charge in [-0.1, -0.05) is 20.8 Å². The van der Waals surface area contributed by atoms with E-state index in [2.05, 4.69) is 26.1 Å². The van der Waals surface area contributed by atoms with Crippen molar-refractivity contribution in [2.45, 2.75) is 46.1 Å². The first kappa shape index (κ1) is 10.9. The second kappa shape index (κ2) is 2.76. The van der Waals surface area contributed by atoms with E-state index < -0.39 is 0 Å². The predicted octanol–water partition coefficient (Wildman–Crippen LogP) is 1.31. The highest BCUT2D eigenvalue weighted by atomic mass is 16.3. The molecule has 2 aliphatic rings. The minimum absolute atomic E-state index is 0.0977. The van der Waals surface area contributed by atoms with Gasteiger partial charge in [-0.3, -0.25) is 4.79 Å². The van der Waals surface area contributed by atoms with Crippen LogP contribution in [0.3, 0.4) is 0 Å². The summed E-state index contributed by atoms with van der Waals surface area (Å²) in [5.74, 6) is 0.104. The number of nitrogens with one attached hydrogen (secondary N) is 1. The van der Waals surface area contributed by atoms with Gasteiger partial charge in [0.1, 0.15) is 0 Å². The summed E-state index contributed by atoms with van der Waals surface area (Å²) in [6.07, 6.45) is 2.15. The van der Waals surface area contributed by atoms with Crippen LogP contribution in [-0.2, 0) is 4.79 Å². The van der Waals surface area contributed by atoms with Crippen molar-refractivity contribution in [1.29, 1.82) is 0 Å². The quantitative estimate of drug-likeness (QED) is 0.687. The van der Waals surface area contributed by atoms with Crippen LogP contribution < -0.4 is 5.32 Å². The molecule has 2 saturated carbocycles. The van der Waals surface area contributed by atoms with Crippen molar-refractivity contribution in [1.82, 2.24) is 5.32 Å². The first-order valence-corrected chi connectivity index (χ1v) is 5.72. The molecule has 15 heavy (non-hydrogen) atoms. The number of carbonyl (C=O) groups is 1. The predicted molar refractivity (Wildman–Crippen MR) is 58.2 cm³/mol. The van der Waals surface area contributed by atoms with Crippen molar-refractivity contribution < 1.29 is 9.90 Å². The first-order chi connectivity index (χ1) is 6.82. The third-order valence-corrected chi connectivity index (χ3v) is 5.63. The molecule has 1 amide bonds. The SMILES string of the molecule is CNC(=O)[C@]12CC[C@@](C)([C@@H](O)C1)C2(C)C. The Balaban J connectivity index is 2.49. The summed E-state index contributed by atoms with van der Waals surface area (Å²) in [4.78, 5) is 12.1. The van der Waals surface area contributed by atoms with Gasteiger partial charge in [0.15, 0.2) is 0 Å². The number of hydrogen-bond acceptors (Lipinski definition) is 2. The van der Waals surface area contributed by atoms with Gasteiger partial charge < -0.3 is 10.4 Å². The van der Waals surface area contributed by atoms with Crippen LogP contribution in [0.1, 0.15) is 40.0 Å². The van der Waals surface area contributed by atoms with Gasteiger partial charge in [0.2, 0.25) is 5.91 Å². The highest BCUT2D eigenvalue weighted by Crippen LogP contribution is 2.72. The monoisotopic (exact) mass is 211 g/mol. The van der Waals surface area contributed by atoms with E-state index in [-0.39, 0.29) is 28.3 Å². The normalized spacial score (nSPS) is 46.9. The molecule has 0 radical (unpaired) electrons. The third-order valence-electron chi connectivity index (χ3n) is 5.63. The molecule has 0 aromatic rings. The smallest absolute Gasteiger partial charge is 0.226 e. The number of hydrogen-bond donors (Lipinski definition) is 2. The van der Waals surface area contributed by atoms with Crippen LogP contribution in [0.15, 0.2) is 0 Å². The molecule has 2 aliphatic carbocycles. The largest absolute Gasteiger partial charge is 0.393 e. The van der Waals surface area contributed by atoms with Gasteiger partial charge in [-0.15, -0.1) is 0 Å². The Morgan fingerprint density at radius 2 is 1.93 bits per heavy atom. The Morgan fingerprint density at radius 3 is 2.27 bits per heavy atom. The van der Waals surface area contributed by atoms with Crippen molar-refractivity contribution in [3.05, 3.63) is 0 Å². The Labute approximate surface area is 91.2 Å². The summed E-state index contributed by atoms with van der Waals surface area (Å²) in [6.45, 7) is 6.38. The molecule has 3 nitrogen and oxygen atoms in total. The topological polar surface area (TPSA) is 49.3 Å². The van der Waals surface area contributed by atoms with Gasteiger partial charge in [-0.25, -0.2) is 0 Å². The number of amides is 1. The minimum atomic E-state index is -0.351. The molecule has 0 heterocycles. The fraction of sp³-hybridized carbons (Fsp3) is 0.917. The van der Waals surface area contributed by atoms with E-state index in [1.807, 2.05) is 0 Å². The minimum Gasteiger partial charge on any atom is -0.393 e. The maximum Gasteiger partial charge on any atom is 0.226 e. The summed E-state index contributed by atoms with van der Waals surface area (Å²) in [5.41, 5.74) is -0.561. The van der Waals surface area contributed by atoms with Crippen LogP contribution in [0, 0.1) is 16.2 Å². The lowest BCUT2D eigenvalue weighted by atomic mass is 9.64. The highest BCUT2D eigenvalue weighted by Gasteiger charge is 2.71. The molecule has 0 aromatic heterocycles. The lowest BCUT2D eigenvalue weighted by Gasteiger charge is -2.39. The number of aliphatic hydroxyl groups excluding tert-OH is 1. The fourth-order valence-electron chi connectivity index (χ4n) is 3.87. The Morgan fingerprint density at radius 1 is 1.33 bits per heavy atom. The van der Waals surface area contributed by atoms with Crippen molar-refractivity contribution in [3.63, 3.8) is 0 Å². The summed E-state index contributed by atoms with van der Waals surface area (Å²) in [5, 5.41) is 12.9. The van der Waals surface area contributed by atoms with E-state index in [9.17, 15) is 9.90 Å². The summed E-state index contributed by atoms with van der Waals surface area (Å²) in [6, 6.07) is 0. The second-order valence-electron chi connectivity index (χ2n) is 5.92. The average molecular weight is 211 g/mol. The molecule has 2 fully saturated rings. The molecule has 2 bridgehead atoms. The van der Waals surface area contributed by atoms with E-state index in [1.54, 1.807) is 7.05 Å². The van der Waals surface area contributed by atoms with Crippen LogP contribution in [-0.4, -0.2) is 24.2 Å². The zero-order valence-corrected chi connectivity index (χ0v) is 10.1. The molecule has 0 unspecified atom stereocenters. The summed E-state index contributed by atoms with van der Waals surface area (Å²) >= 11 is 0. The van der Waals surface area contributed by atoms with E-state index in [0.717, 1.165) is 12.8 Å². The maximum atomic E-state index is 12.1. The lowest BCUT2D eigenvalue weighted by Crippen LogP contribution is -2.45. The van der Waals surface area contributed by atoms with Crippen LogP contribution in [0.5, 0.6) is 0 Å². The van der Waals surface area contributed by atoms with Crippen LogP contribution in [0.2, 0.25) is 0 Å². The van der Waals surface area contributed by atoms with E-state index >= 15 is 0 Å². The number of carbonyl (C=O) groups excluding carboxylic acids is 1. The molecule has 3 heteroatoms. The molecule has 0 aliphatic heterocycles. The lowest BCUT2D eigenvalue weighted by molar-refractivity contribution is -0.135. The van der Waals surface area contributed by atoms with E-state index in [4.69, 9.17) is 0 Å². The molecule has 2 rings (SSSR count). The third kappa shape index (κ3) is 0.930. The van der Waals surface area contributed by atoms with E-state index in [0.29, 0.717) is 6.42 Å². The highest BCUT2D eigenvalue weighted by molar-refractivity contribution is 5.84. The molecule has 2 N–H and O–H groups in total. The maximum absolute atomic E-state index is 12.1. The van der Waals surface area contributed by atoms with Gasteiger partial charge >= 0.3 is 0 Å². The van der Waals surface area contributed by atoms with Crippen LogP contribution >= 0.6 is 0 Å². The van der Waals surface area contributed by atoms with Gasteiger partial charge in [0.05, 0.1) is 11.5 Å². The van der Waals surface area contributed by atoms with Crippen molar-refractivity contribution in [3.8, 4) is 0 Å². The molecule has 86 valence electrons. The average Bonchev–Trinajstić information content (AvgIpc) is 2.47. The Kier molecular flexibility index (Phi) is 2.01. The second-order valence-corrected chi connectivity index (χ2v) is 5.92. The van der Waals surface area contributed by atoms with Crippen molar-refractivity contribution in [2.75, 3.05) is 7.05 Å². The molecular weight excluding hydrogens is 190 g/mol. The zero-order valence-electron chi connectivity index (χ0n) is 10.1. The van der Waals surface area contributed by atoms with Gasteiger partial charge in [-0.2, -0.15) is 0 Å². The molecule has 0 saturated heterocycles. The number of rotatable bonds is 1. The number of aliphatic hydroxyl groups is 1. The molecule has 0 aromatic carbocycles. The van der Waals surface area contributed by atoms with Gasteiger partial charge in [0.25, 0.3) is 0 Å². The summed E-state index contributed by atoms with van der Waals surface area (Å²) in [7, 11) is 1.69. The number of fused-ring (bicyclic) bond motifs is 2. The molecular formula is C12H21NO2. The Bertz CT molecular complexity index is 313. The Hall–Kier alpha value is -0.570. The molecule has 3 atom stereocenters. The standard InChI is InChI=1S/C12H21NO2/c1-10(2)11(3)5-6-12(10,7-8(11)14)9(15)13-4/h8,14H,5-7H2,1-4H3,(H,13,15)/t8-,11-,12-/m0/s1. The zero-order chi connectivity index (χ0) is 11.5. The van der Waals surface area contributed by atoms with Crippen LogP contribution in [0.4, 0.5) is 0 Å². The van der Waals surface area contributed by atoms with Crippen molar-refractivity contribution in [2.24, 2.45) is 16.2 Å². The van der Waals surface area contributed by atoms with E-state index in [1.165, 1.54) is 0 Å². The fourth-order valence-corrected chi connectivity index (χ4v) is 3.87. The van der Waals surface area contributed by atoms with Crippen LogP contribution in [0.25, 0.3) is 0 Å². The summed E-state index contributed by atoms with van der Waals surface area (Å²) < 4.78 is 0. The first-order valence-electron chi connectivity index (χ1n) is 5.72. The van der Waals surface area contributed by atoms with Gasteiger partial charge in [0, 0.05) is 7.05 Å².